The zero-order chi connectivity index (χ0) is 9.68. The Balaban J connectivity index is 2.26. The van der Waals surface area contributed by atoms with Gasteiger partial charge in [-0.3, -0.25) is 9.69 Å². The first-order chi connectivity index (χ1) is 6.25. The predicted molar refractivity (Wildman–Crippen MR) is 48.0 cm³/mol. The smallest absolute Gasteiger partial charge is 0.324 e. The van der Waals surface area contributed by atoms with Crippen molar-refractivity contribution < 1.29 is 9.59 Å². The summed E-state index contributed by atoms with van der Waals surface area (Å²) < 4.78 is 0. The van der Waals surface area contributed by atoms with Crippen molar-refractivity contribution in [3.8, 4) is 0 Å². The second-order valence-corrected chi connectivity index (χ2v) is 3.02. The van der Waals surface area contributed by atoms with Gasteiger partial charge in [0.25, 0.3) is 0 Å². The molecule has 1 heterocycles. The minimum Gasteiger partial charge on any atom is -0.338 e. The molecule has 0 aromatic rings. The van der Waals surface area contributed by atoms with Crippen LogP contribution >= 0.6 is 0 Å². The number of rotatable bonds is 3. The Morgan fingerprint density at radius 3 is 2.92 bits per heavy atom. The molecular weight excluding hydrogens is 170 g/mol. The first-order valence-corrected chi connectivity index (χ1v) is 4.54. The Morgan fingerprint density at radius 1 is 1.62 bits per heavy atom. The third kappa shape index (κ3) is 2.69. The van der Waals surface area contributed by atoms with Crippen LogP contribution in [0, 0.1) is 0 Å². The lowest BCUT2D eigenvalue weighted by molar-refractivity contribution is -0.125. The fraction of sp³-hybridized carbons (Fsp3) is 0.750. The number of nitrogens with zero attached hydrogens (tertiary/aromatic N) is 1. The van der Waals surface area contributed by atoms with Crippen molar-refractivity contribution in [2.24, 2.45) is 5.73 Å². The van der Waals surface area contributed by atoms with E-state index in [2.05, 4.69) is 5.32 Å². The number of hydrogen-bond donors (Lipinski definition) is 2. The SMILES string of the molecule is NCCCNC(=O)N1CCCC1=O. The van der Waals surface area contributed by atoms with Crippen LogP contribution in [0.5, 0.6) is 0 Å². The molecule has 0 radical (unpaired) electrons. The van der Waals surface area contributed by atoms with Gasteiger partial charge < -0.3 is 11.1 Å². The minimum atomic E-state index is -0.282. The Kier molecular flexibility index (Phi) is 3.70. The number of carbonyl (C=O) groups is 2. The summed E-state index contributed by atoms with van der Waals surface area (Å²) in [6.07, 6.45) is 2.02. The monoisotopic (exact) mass is 185 g/mol. The first-order valence-electron chi connectivity index (χ1n) is 4.54. The highest BCUT2D eigenvalue weighted by molar-refractivity contribution is 5.95. The summed E-state index contributed by atoms with van der Waals surface area (Å²) in [5, 5.41) is 2.64. The molecular formula is C8H15N3O2. The number of nitrogens with two attached hydrogens (primary N) is 1. The summed E-state index contributed by atoms with van der Waals surface area (Å²) in [5.41, 5.74) is 5.26. The molecule has 13 heavy (non-hydrogen) atoms. The maximum absolute atomic E-state index is 11.3. The van der Waals surface area contributed by atoms with Crippen molar-refractivity contribution in [1.29, 1.82) is 0 Å². The normalized spacial score (nSPS) is 16.4. The van der Waals surface area contributed by atoms with Crippen molar-refractivity contribution in [3.05, 3.63) is 0 Å². The zero-order valence-electron chi connectivity index (χ0n) is 7.58. The van der Waals surface area contributed by atoms with Gasteiger partial charge in [0.1, 0.15) is 0 Å². The van der Waals surface area contributed by atoms with Crippen LogP contribution in [0.15, 0.2) is 0 Å². The number of amides is 3. The van der Waals surface area contributed by atoms with Crippen molar-refractivity contribution in [1.82, 2.24) is 10.2 Å². The van der Waals surface area contributed by atoms with E-state index in [0.717, 1.165) is 12.8 Å². The molecule has 0 aromatic carbocycles. The summed E-state index contributed by atoms with van der Waals surface area (Å²) in [4.78, 5) is 23.6. The maximum Gasteiger partial charge on any atom is 0.324 e. The van der Waals surface area contributed by atoms with Gasteiger partial charge in [0, 0.05) is 19.5 Å². The summed E-state index contributed by atoms with van der Waals surface area (Å²) in [5.74, 6) is -0.0785. The second kappa shape index (κ2) is 4.81. The lowest BCUT2D eigenvalue weighted by Gasteiger charge is -2.13. The number of hydrogen-bond acceptors (Lipinski definition) is 3. The second-order valence-electron chi connectivity index (χ2n) is 3.02. The molecule has 0 bridgehead atoms. The molecule has 0 spiro atoms. The quantitative estimate of drug-likeness (QED) is 0.591. The van der Waals surface area contributed by atoms with Gasteiger partial charge in [-0.1, -0.05) is 0 Å². The zero-order valence-corrected chi connectivity index (χ0v) is 7.58. The van der Waals surface area contributed by atoms with Gasteiger partial charge in [-0.2, -0.15) is 0 Å². The molecule has 1 fully saturated rings. The van der Waals surface area contributed by atoms with Gasteiger partial charge in [0.2, 0.25) is 5.91 Å². The van der Waals surface area contributed by atoms with Gasteiger partial charge in [-0.05, 0) is 19.4 Å². The Labute approximate surface area is 77.3 Å². The molecule has 0 saturated carbocycles. The number of carbonyl (C=O) groups excluding carboxylic acids is 2. The van der Waals surface area contributed by atoms with Gasteiger partial charge in [0.15, 0.2) is 0 Å². The molecule has 0 atom stereocenters. The fourth-order valence-corrected chi connectivity index (χ4v) is 1.26. The third-order valence-electron chi connectivity index (χ3n) is 1.98. The summed E-state index contributed by atoms with van der Waals surface area (Å²) >= 11 is 0. The van der Waals surface area contributed by atoms with Gasteiger partial charge in [0.05, 0.1) is 0 Å². The van der Waals surface area contributed by atoms with E-state index in [1.807, 2.05) is 0 Å². The molecule has 1 aliphatic heterocycles. The summed E-state index contributed by atoms with van der Waals surface area (Å²) in [7, 11) is 0. The Hall–Kier alpha value is -1.10. The van der Waals surface area contributed by atoms with Crippen LogP contribution in [0.3, 0.4) is 0 Å². The van der Waals surface area contributed by atoms with E-state index in [0.29, 0.717) is 26.1 Å². The van der Waals surface area contributed by atoms with E-state index in [1.54, 1.807) is 0 Å². The number of imide groups is 1. The largest absolute Gasteiger partial charge is 0.338 e. The Bertz CT molecular complexity index is 206. The molecule has 3 amide bonds. The van der Waals surface area contributed by atoms with E-state index in [9.17, 15) is 9.59 Å². The van der Waals surface area contributed by atoms with Crippen molar-refractivity contribution >= 4 is 11.9 Å². The molecule has 5 heteroatoms. The molecule has 0 aliphatic carbocycles. The third-order valence-corrected chi connectivity index (χ3v) is 1.98. The van der Waals surface area contributed by atoms with E-state index < -0.39 is 0 Å². The summed E-state index contributed by atoms with van der Waals surface area (Å²) in [6.45, 7) is 1.64. The van der Waals surface area contributed by atoms with Crippen LogP contribution in [-0.2, 0) is 4.79 Å². The average Bonchev–Trinajstić information content (AvgIpc) is 2.52. The van der Waals surface area contributed by atoms with Crippen molar-refractivity contribution in [2.75, 3.05) is 19.6 Å². The van der Waals surface area contributed by atoms with Crippen LogP contribution in [0.2, 0.25) is 0 Å². The van der Waals surface area contributed by atoms with E-state index in [1.165, 1.54) is 4.90 Å². The highest BCUT2D eigenvalue weighted by Gasteiger charge is 2.25. The topological polar surface area (TPSA) is 75.4 Å². The maximum atomic E-state index is 11.3. The fourth-order valence-electron chi connectivity index (χ4n) is 1.26. The van der Waals surface area contributed by atoms with E-state index in [-0.39, 0.29) is 11.9 Å². The molecule has 5 nitrogen and oxygen atoms in total. The van der Waals surface area contributed by atoms with Gasteiger partial charge in [-0.25, -0.2) is 4.79 Å². The van der Waals surface area contributed by atoms with E-state index in [4.69, 9.17) is 5.73 Å². The molecule has 1 rings (SSSR count). The van der Waals surface area contributed by atoms with Crippen LogP contribution in [0.4, 0.5) is 4.79 Å². The highest BCUT2D eigenvalue weighted by atomic mass is 16.2. The number of likely N-dealkylation sites (tertiary alicyclic amines) is 1. The molecule has 3 N–H and O–H groups in total. The minimum absolute atomic E-state index is 0.0785. The Morgan fingerprint density at radius 2 is 2.38 bits per heavy atom. The molecule has 74 valence electrons. The van der Waals surface area contributed by atoms with Gasteiger partial charge in [-0.15, -0.1) is 0 Å². The summed E-state index contributed by atoms with van der Waals surface area (Å²) in [6, 6.07) is -0.282. The van der Waals surface area contributed by atoms with Gasteiger partial charge >= 0.3 is 6.03 Å². The lowest BCUT2D eigenvalue weighted by atomic mass is 10.4. The molecule has 0 aromatic heterocycles. The highest BCUT2D eigenvalue weighted by Crippen LogP contribution is 2.08. The number of urea groups is 1. The average molecular weight is 185 g/mol. The van der Waals surface area contributed by atoms with Crippen LogP contribution < -0.4 is 11.1 Å². The van der Waals surface area contributed by atoms with Crippen LogP contribution in [-0.4, -0.2) is 36.5 Å². The standard InChI is InChI=1S/C8H15N3O2/c9-4-2-5-10-8(13)11-6-1-3-7(11)12/h1-6,9H2,(H,10,13). The molecule has 1 saturated heterocycles. The lowest BCUT2D eigenvalue weighted by Crippen LogP contribution is -2.41. The first kappa shape index (κ1) is 9.98. The van der Waals surface area contributed by atoms with Crippen LogP contribution in [0.25, 0.3) is 0 Å². The van der Waals surface area contributed by atoms with E-state index >= 15 is 0 Å². The van der Waals surface area contributed by atoms with Crippen molar-refractivity contribution in [2.45, 2.75) is 19.3 Å². The predicted octanol–water partition coefficient (Wildman–Crippen LogP) is -0.333. The molecule has 0 unspecified atom stereocenters. The molecule has 1 aliphatic rings. The van der Waals surface area contributed by atoms with Crippen LogP contribution in [0.1, 0.15) is 19.3 Å². The number of nitrogens with one attached hydrogen (secondary N) is 1. The van der Waals surface area contributed by atoms with Crippen molar-refractivity contribution in [3.63, 3.8) is 0 Å².